The first-order valence-electron chi connectivity index (χ1n) is 10.1. The second-order valence-corrected chi connectivity index (χ2v) is 8.55. The Balaban J connectivity index is 1.46. The molecule has 2 aromatic rings. The molecule has 0 N–H and O–H groups in total. The van der Waals surface area contributed by atoms with E-state index < -0.39 is 6.10 Å². The minimum absolute atomic E-state index is 0.114. The quantitative estimate of drug-likeness (QED) is 0.410. The standard InChI is InChI=1S/C24H20ClNO4/c1-13(22(27)14-5-3-2-4-6-14)30-19-10-9-17(25)12-18(19)26-23(28)20-15-7-8-16(11-15)21(20)24(26)29/h2-10,12-13,15-16,20-21H,11H2,1H3/t13-,15+,16+,20+,21+/m1/s1. The lowest BCUT2D eigenvalue weighted by molar-refractivity contribution is -0.123. The van der Waals surface area contributed by atoms with Gasteiger partial charge in [-0.05, 0) is 43.4 Å². The van der Waals surface area contributed by atoms with E-state index in [-0.39, 0.29) is 47.0 Å². The lowest BCUT2D eigenvalue weighted by atomic mass is 9.85. The van der Waals surface area contributed by atoms with Gasteiger partial charge >= 0.3 is 0 Å². The zero-order chi connectivity index (χ0) is 21.0. The predicted molar refractivity (Wildman–Crippen MR) is 113 cm³/mol. The van der Waals surface area contributed by atoms with Crippen LogP contribution < -0.4 is 9.64 Å². The van der Waals surface area contributed by atoms with Crippen LogP contribution in [0, 0.1) is 23.7 Å². The van der Waals surface area contributed by atoms with Gasteiger partial charge in [0, 0.05) is 10.6 Å². The maximum atomic E-state index is 13.2. The Morgan fingerprint density at radius 2 is 1.67 bits per heavy atom. The minimum Gasteiger partial charge on any atom is -0.480 e. The van der Waals surface area contributed by atoms with Gasteiger partial charge in [-0.15, -0.1) is 0 Å². The van der Waals surface area contributed by atoms with Crippen LogP contribution in [-0.2, 0) is 9.59 Å². The summed E-state index contributed by atoms with van der Waals surface area (Å²) in [5.74, 6) is -0.725. The second kappa shape index (κ2) is 7.10. The number of benzene rings is 2. The van der Waals surface area contributed by atoms with Crippen molar-refractivity contribution in [3.63, 3.8) is 0 Å². The number of amides is 2. The van der Waals surface area contributed by atoms with Gasteiger partial charge in [-0.1, -0.05) is 54.1 Å². The van der Waals surface area contributed by atoms with Crippen LogP contribution in [0.2, 0.25) is 5.02 Å². The first kappa shape index (κ1) is 19.1. The number of carbonyl (C=O) groups is 3. The average molecular weight is 422 g/mol. The summed E-state index contributed by atoms with van der Waals surface area (Å²) in [6.45, 7) is 1.65. The van der Waals surface area contributed by atoms with E-state index in [1.54, 1.807) is 49.4 Å². The molecule has 0 spiro atoms. The molecule has 3 aliphatic rings. The zero-order valence-corrected chi connectivity index (χ0v) is 17.1. The van der Waals surface area contributed by atoms with Crippen LogP contribution in [0.5, 0.6) is 5.75 Å². The monoisotopic (exact) mass is 421 g/mol. The first-order valence-corrected chi connectivity index (χ1v) is 10.4. The van der Waals surface area contributed by atoms with Gasteiger partial charge < -0.3 is 4.74 Å². The van der Waals surface area contributed by atoms with E-state index in [9.17, 15) is 14.4 Å². The van der Waals surface area contributed by atoms with Crippen molar-refractivity contribution in [1.29, 1.82) is 0 Å². The topological polar surface area (TPSA) is 63.7 Å². The van der Waals surface area contributed by atoms with E-state index in [0.29, 0.717) is 16.3 Å². The van der Waals surface area contributed by atoms with Crippen LogP contribution in [0.25, 0.3) is 0 Å². The molecule has 0 aromatic heterocycles. The predicted octanol–water partition coefficient (Wildman–Crippen LogP) is 4.30. The fraction of sp³-hybridized carbons (Fsp3) is 0.292. The Morgan fingerprint density at radius 1 is 1.03 bits per heavy atom. The highest BCUT2D eigenvalue weighted by Gasteiger charge is 2.60. The van der Waals surface area contributed by atoms with Crippen LogP contribution in [0.4, 0.5) is 5.69 Å². The third-order valence-electron chi connectivity index (χ3n) is 6.36. The third kappa shape index (κ3) is 2.88. The Labute approximate surface area is 179 Å². The number of Topliss-reactive ketones (excluding diaryl/α,β-unsaturated/α-hetero) is 1. The number of imide groups is 1. The van der Waals surface area contributed by atoms with Gasteiger partial charge in [0.15, 0.2) is 6.10 Å². The lowest BCUT2D eigenvalue weighted by Crippen LogP contribution is -2.34. The third-order valence-corrected chi connectivity index (χ3v) is 6.60. The molecule has 1 heterocycles. The fourth-order valence-corrected chi connectivity index (χ4v) is 5.15. The molecular weight excluding hydrogens is 402 g/mol. The molecule has 1 aliphatic heterocycles. The molecule has 2 fully saturated rings. The molecule has 1 saturated carbocycles. The number of hydrogen-bond acceptors (Lipinski definition) is 4. The average Bonchev–Trinajstić information content (AvgIpc) is 3.43. The summed E-state index contributed by atoms with van der Waals surface area (Å²) in [4.78, 5) is 40.3. The highest BCUT2D eigenvalue weighted by Crippen LogP contribution is 2.54. The van der Waals surface area contributed by atoms with Gasteiger partial charge in [0.05, 0.1) is 17.5 Å². The number of carbonyl (C=O) groups excluding carboxylic acids is 3. The number of allylic oxidation sites excluding steroid dienone is 2. The largest absolute Gasteiger partial charge is 0.480 e. The van der Waals surface area contributed by atoms with Crippen molar-refractivity contribution in [1.82, 2.24) is 0 Å². The molecule has 2 aliphatic carbocycles. The van der Waals surface area contributed by atoms with E-state index in [1.165, 1.54) is 4.90 Å². The van der Waals surface area contributed by atoms with Crippen LogP contribution in [0.15, 0.2) is 60.7 Å². The van der Waals surface area contributed by atoms with Gasteiger partial charge in [-0.25, -0.2) is 4.90 Å². The van der Waals surface area contributed by atoms with Crippen molar-refractivity contribution in [2.45, 2.75) is 19.4 Å². The number of anilines is 1. The highest BCUT2D eigenvalue weighted by molar-refractivity contribution is 6.31. The molecule has 0 radical (unpaired) electrons. The summed E-state index contributed by atoms with van der Waals surface area (Å²) in [6.07, 6.45) is 4.17. The molecule has 30 heavy (non-hydrogen) atoms. The summed E-state index contributed by atoms with van der Waals surface area (Å²) >= 11 is 6.19. The Morgan fingerprint density at radius 3 is 2.30 bits per heavy atom. The van der Waals surface area contributed by atoms with Crippen molar-refractivity contribution >= 4 is 34.9 Å². The van der Waals surface area contributed by atoms with Crippen LogP contribution in [0.1, 0.15) is 23.7 Å². The van der Waals surface area contributed by atoms with Crippen LogP contribution >= 0.6 is 11.6 Å². The molecule has 6 heteroatoms. The maximum absolute atomic E-state index is 13.2. The Bertz CT molecular complexity index is 1050. The van der Waals surface area contributed by atoms with Gasteiger partial charge in [0.25, 0.3) is 0 Å². The van der Waals surface area contributed by atoms with Crippen molar-refractivity contribution in [3.05, 3.63) is 71.3 Å². The van der Waals surface area contributed by atoms with Crippen LogP contribution in [0.3, 0.4) is 0 Å². The minimum atomic E-state index is -0.794. The van der Waals surface area contributed by atoms with Gasteiger partial charge in [0.1, 0.15) is 5.75 Å². The number of nitrogens with zero attached hydrogens (tertiary/aromatic N) is 1. The molecule has 1 saturated heterocycles. The molecule has 5 nitrogen and oxygen atoms in total. The summed E-state index contributed by atoms with van der Waals surface area (Å²) in [7, 11) is 0. The van der Waals surface area contributed by atoms with Gasteiger partial charge in [0.2, 0.25) is 17.6 Å². The van der Waals surface area contributed by atoms with Crippen molar-refractivity contribution in [3.8, 4) is 5.75 Å². The number of ketones is 1. The number of hydrogen-bond donors (Lipinski definition) is 0. The number of halogens is 1. The SMILES string of the molecule is C[C@@H](Oc1ccc(Cl)cc1N1C(=O)[C@@H]2[C@@H](C1=O)[C@H]1C=C[C@H]2C1)C(=O)c1ccccc1. The molecule has 2 amide bonds. The lowest BCUT2D eigenvalue weighted by Gasteiger charge is -2.22. The van der Waals surface area contributed by atoms with Crippen molar-refractivity contribution in [2.75, 3.05) is 4.90 Å². The van der Waals surface area contributed by atoms with Gasteiger partial charge in [-0.3, -0.25) is 14.4 Å². The molecule has 5 atom stereocenters. The Hall–Kier alpha value is -2.92. The molecule has 152 valence electrons. The van der Waals surface area contributed by atoms with E-state index in [1.807, 2.05) is 6.07 Å². The van der Waals surface area contributed by atoms with Crippen molar-refractivity contribution in [2.24, 2.45) is 23.7 Å². The Kier molecular flexibility index (Phi) is 4.51. The van der Waals surface area contributed by atoms with Crippen LogP contribution in [-0.4, -0.2) is 23.7 Å². The molecule has 2 bridgehead atoms. The summed E-state index contributed by atoms with van der Waals surface area (Å²) in [5.41, 5.74) is 0.838. The summed E-state index contributed by atoms with van der Waals surface area (Å²) < 4.78 is 5.95. The second-order valence-electron chi connectivity index (χ2n) is 8.11. The number of ether oxygens (including phenoxy) is 1. The fourth-order valence-electron chi connectivity index (χ4n) is 4.99. The smallest absolute Gasteiger partial charge is 0.238 e. The normalized spacial score (nSPS) is 27.5. The maximum Gasteiger partial charge on any atom is 0.238 e. The molecule has 2 aromatic carbocycles. The number of fused-ring (bicyclic) bond motifs is 5. The number of rotatable bonds is 5. The van der Waals surface area contributed by atoms with Crippen molar-refractivity contribution < 1.29 is 19.1 Å². The molecule has 0 unspecified atom stereocenters. The van der Waals surface area contributed by atoms with E-state index in [0.717, 1.165) is 6.42 Å². The van der Waals surface area contributed by atoms with E-state index in [2.05, 4.69) is 12.2 Å². The van der Waals surface area contributed by atoms with E-state index in [4.69, 9.17) is 16.3 Å². The molecule has 5 rings (SSSR count). The first-order chi connectivity index (χ1) is 14.5. The zero-order valence-electron chi connectivity index (χ0n) is 16.3. The summed E-state index contributed by atoms with van der Waals surface area (Å²) in [6, 6.07) is 13.6. The molecular formula is C24H20ClNO4. The summed E-state index contributed by atoms with van der Waals surface area (Å²) in [5, 5.41) is 0.387. The van der Waals surface area contributed by atoms with Gasteiger partial charge in [-0.2, -0.15) is 0 Å². The highest BCUT2D eigenvalue weighted by atomic mass is 35.5. The van der Waals surface area contributed by atoms with E-state index >= 15 is 0 Å².